The lowest BCUT2D eigenvalue weighted by Crippen LogP contribution is -2.32. The minimum Gasteiger partial charge on any atom is -0.457 e. The lowest BCUT2D eigenvalue weighted by atomic mass is 10.2. The highest BCUT2D eigenvalue weighted by molar-refractivity contribution is 9.10. The lowest BCUT2D eigenvalue weighted by molar-refractivity contribution is 0.0727. The molecule has 2 heterocycles. The van der Waals surface area contributed by atoms with Crippen LogP contribution in [-0.2, 0) is 6.54 Å². The van der Waals surface area contributed by atoms with Gasteiger partial charge in [-0.2, -0.15) is 0 Å². The SMILES string of the molecule is O=C(c1ccoc1Br)N(Cc1cccnc1)C1CC1. The lowest BCUT2D eigenvalue weighted by Gasteiger charge is -2.22. The Balaban J connectivity index is 1.82. The highest BCUT2D eigenvalue weighted by Gasteiger charge is 2.34. The van der Waals surface area contributed by atoms with E-state index in [1.807, 2.05) is 17.0 Å². The van der Waals surface area contributed by atoms with Crippen molar-refractivity contribution in [3.63, 3.8) is 0 Å². The molecule has 2 aromatic rings. The Morgan fingerprint density at radius 1 is 1.47 bits per heavy atom. The molecule has 2 aromatic heterocycles. The molecule has 1 fully saturated rings. The summed E-state index contributed by atoms with van der Waals surface area (Å²) in [5.41, 5.74) is 1.62. The monoisotopic (exact) mass is 320 g/mol. The van der Waals surface area contributed by atoms with E-state index in [2.05, 4.69) is 20.9 Å². The van der Waals surface area contributed by atoms with Gasteiger partial charge in [-0.25, -0.2) is 0 Å². The summed E-state index contributed by atoms with van der Waals surface area (Å²) in [4.78, 5) is 18.5. The number of hydrogen-bond donors (Lipinski definition) is 0. The second-order valence-electron chi connectivity index (χ2n) is 4.63. The number of pyridine rings is 1. The van der Waals surface area contributed by atoms with Crippen molar-refractivity contribution in [2.75, 3.05) is 0 Å². The Labute approximate surface area is 119 Å². The molecule has 19 heavy (non-hydrogen) atoms. The fourth-order valence-electron chi connectivity index (χ4n) is 2.04. The Bertz CT molecular complexity index is 578. The number of halogens is 1. The summed E-state index contributed by atoms with van der Waals surface area (Å²) < 4.78 is 5.64. The van der Waals surface area contributed by atoms with Crippen molar-refractivity contribution in [3.05, 3.63) is 52.7 Å². The largest absolute Gasteiger partial charge is 0.457 e. The maximum Gasteiger partial charge on any atom is 0.258 e. The number of nitrogens with zero attached hydrogens (tertiary/aromatic N) is 2. The number of rotatable bonds is 4. The van der Waals surface area contributed by atoms with Gasteiger partial charge in [-0.1, -0.05) is 6.07 Å². The maximum atomic E-state index is 12.5. The van der Waals surface area contributed by atoms with Gasteiger partial charge in [0.05, 0.1) is 11.8 Å². The molecule has 0 spiro atoms. The Hall–Kier alpha value is -1.62. The van der Waals surface area contributed by atoms with Gasteiger partial charge in [0.2, 0.25) is 0 Å². The van der Waals surface area contributed by atoms with E-state index in [-0.39, 0.29) is 5.91 Å². The number of hydrogen-bond acceptors (Lipinski definition) is 3. The van der Waals surface area contributed by atoms with Crippen molar-refractivity contribution in [1.29, 1.82) is 0 Å². The van der Waals surface area contributed by atoms with Crippen LogP contribution in [0.25, 0.3) is 0 Å². The van der Waals surface area contributed by atoms with Crippen LogP contribution in [0.15, 0.2) is 45.9 Å². The predicted octanol–water partition coefficient (Wildman–Crippen LogP) is 3.24. The molecule has 0 unspecified atom stereocenters. The van der Waals surface area contributed by atoms with Crippen LogP contribution in [0.2, 0.25) is 0 Å². The van der Waals surface area contributed by atoms with Crippen molar-refractivity contribution in [1.82, 2.24) is 9.88 Å². The Morgan fingerprint density at radius 2 is 2.32 bits per heavy atom. The normalized spacial score (nSPS) is 14.4. The van der Waals surface area contributed by atoms with Crippen molar-refractivity contribution >= 4 is 21.8 Å². The fourth-order valence-corrected chi connectivity index (χ4v) is 2.45. The summed E-state index contributed by atoms with van der Waals surface area (Å²) in [6, 6.07) is 5.92. The van der Waals surface area contributed by atoms with Gasteiger partial charge >= 0.3 is 0 Å². The first-order valence-corrected chi connectivity index (χ1v) is 6.98. The van der Waals surface area contributed by atoms with E-state index < -0.39 is 0 Å². The van der Waals surface area contributed by atoms with Gasteiger partial charge < -0.3 is 9.32 Å². The molecule has 0 atom stereocenters. The standard InChI is InChI=1S/C14H13BrN2O2/c15-13-12(5-7-19-13)14(18)17(11-3-4-11)9-10-2-1-6-16-8-10/h1-2,5-8,11H,3-4,9H2. The summed E-state index contributed by atoms with van der Waals surface area (Å²) in [5, 5.41) is 0. The van der Waals surface area contributed by atoms with Crippen LogP contribution in [-0.4, -0.2) is 21.8 Å². The maximum absolute atomic E-state index is 12.5. The highest BCUT2D eigenvalue weighted by Crippen LogP contribution is 2.31. The van der Waals surface area contributed by atoms with Crippen LogP contribution >= 0.6 is 15.9 Å². The van der Waals surface area contributed by atoms with Gasteiger partial charge in [-0.15, -0.1) is 0 Å². The molecular weight excluding hydrogens is 308 g/mol. The van der Waals surface area contributed by atoms with Crippen LogP contribution in [0.1, 0.15) is 28.8 Å². The van der Waals surface area contributed by atoms with E-state index in [9.17, 15) is 4.79 Å². The van der Waals surface area contributed by atoms with E-state index >= 15 is 0 Å². The summed E-state index contributed by atoms with van der Waals surface area (Å²) in [6.07, 6.45) is 7.20. The van der Waals surface area contributed by atoms with Crippen molar-refractivity contribution in [3.8, 4) is 0 Å². The van der Waals surface area contributed by atoms with Crippen LogP contribution < -0.4 is 0 Å². The molecule has 1 amide bonds. The summed E-state index contributed by atoms with van der Waals surface area (Å²) in [5.74, 6) is 0.00646. The van der Waals surface area contributed by atoms with Crippen molar-refractivity contribution in [2.24, 2.45) is 0 Å². The Morgan fingerprint density at radius 3 is 2.89 bits per heavy atom. The van der Waals surface area contributed by atoms with Gasteiger partial charge in [0.1, 0.15) is 0 Å². The van der Waals surface area contributed by atoms with E-state index in [0.29, 0.717) is 22.8 Å². The smallest absolute Gasteiger partial charge is 0.258 e. The van der Waals surface area contributed by atoms with Gasteiger partial charge in [0.25, 0.3) is 5.91 Å². The van der Waals surface area contributed by atoms with Gasteiger partial charge in [-0.3, -0.25) is 9.78 Å². The number of amides is 1. The molecule has 1 aliphatic carbocycles. The zero-order chi connectivity index (χ0) is 13.2. The topological polar surface area (TPSA) is 46.3 Å². The van der Waals surface area contributed by atoms with Crippen molar-refractivity contribution < 1.29 is 9.21 Å². The molecule has 0 aliphatic heterocycles. The number of carbonyl (C=O) groups is 1. The number of carbonyl (C=O) groups excluding carboxylic acids is 1. The third-order valence-electron chi connectivity index (χ3n) is 3.17. The van der Waals surface area contributed by atoms with E-state index in [1.165, 1.54) is 6.26 Å². The minimum absolute atomic E-state index is 0.00646. The zero-order valence-corrected chi connectivity index (χ0v) is 11.8. The van der Waals surface area contributed by atoms with Gasteiger partial charge in [0, 0.05) is 25.0 Å². The molecule has 0 bridgehead atoms. The molecule has 5 heteroatoms. The predicted molar refractivity (Wildman–Crippen MR) is 73.5 cm³/mol. The van der Waals surface area contributed by atoms with Crippen molar-refractivity contribution in [2.45, 2.75) is 25.4 Å². The first-order chi connectivity index (χ1) is 9.25. The molecule has 4 nitrogen and oxygen atoms in total. The average Bonchev–Trinajstić information content (AvgIpc) is 3.18. The number of furan rings is 1. The van der Waals surface area contributed by atoms with Crippen LogP contribution in [0.3, 0.4) is 0 Å². The first-order valence-electron chi connectivity index (χ1n) is 6.18. The molecule has 98 valence electrons. The van der Waals surface area contributed by atoms with Crippen LogP contribution in [0.4, 0.5) is 0 Å². The van der Waals surface area contributed by atoms with E-state index in [4.69, 9.17) is 4.42 Å². The third-order valence-corrected chi connectivity index (χ3v) is 3.79. The Kier molecular flexibility index (Phi) is 3.38. The zero-order valence-electron chi connectivity index (χ0n) is 10.3. The molecule has 0 saturated heterocycles. The summed E-state index contributed by atoms with van der Waals surface area (Å²) in [7, 11) is 0. The highest BCUT2D eigenvalue weighted by atomic mass is 79.9. The van der Waals surface area contributed by atoms with Gasteiger partial charge in [0.15, 0.2) is 4.67 Å². The van der Waals surface area contributed by atoms with E-state index in [0.717, 1.165) is 18.4 Å². The van der Waals surface area contributed by atoms with Crippen LogP contribution in [0.5, 0.6) is 0 Å². The molecule has 0 aromatic carbocycles. The first kappa shape index (κ1) is 12.4. The van der Waals surface area contributed by atoms with E-state index in [1.54, 1.807) is 18.5 Å². The molecule has 0 N–H and O–H groups in total. The molecule has 0 radical (unpaired) electrons. The molecule has 1 saturated carbocycles. The minimum atomic E-state index is 0.00646. The molecule has 1 aliphatic rings. The second kappa shape index (κ2) is 5.17. The second-order valence-corrected chi connectivity index (χ2v) is 5.35. The van der Waals surface area contributed by atoms with Gasteiger partial charge in [-0.05, 0) is 46.5 Å². The number of aromatic nitrogens is 1. The third kappa shape index (κ3) is 2.71. The quantitative estimate of drug-likeness (QED) is 0.868. The molecular formula is C14H13BrN2O2. The van der Waals surface area contributed by atoms with Crippen LogP contribution in [0, 0.1) is 0 Å². The molecule has 3 rings (SSSR count). The summed E-state index contributed by atoms with van der Waals surface area (Å²) in [6.45, 7) is 0.592. The fraction of sp³-hybridized carbons (Fsp3) is 0.286. The average molecular weight is 321 g/mol. The summed E-state index contributed by atoms with van der Waals surface area (Å²) >= 11 is 3.26.